The van der Waals surface area contributed by atoms with Crippen molar-refractivity contribution >= 4 is 6.09 Å². The molecule has 0 aromatic carbocycles. The third-order valence-electron chi connectivity index (χ3n) is 5.41. The Morgan fingerprint density at radius 1 is 1.00 bits per heavy atom. The molecule has 1 atom stereocenters. The van der Waals surface area contributed by atoms with Gasteiger partial charge in [0.15, 0.2) is 0 Å². The third kappa shape index (κ3) is 6.72. The standard InChI is InChI=1S/C22H35NO2/c1-3-4-5-6-9-14-19(2)25-22(24)23(20-15-10-7-11-16-20)21-17-12-8-13-18-21/h3-6,9,19-21H,1,7-8,10-18H2,2H3/b5-4-,9-6-. The third-order valence-corrected chi connectivity index (χ3v) is 5.41. The van der Waals surface area contributed by atoms with Crippen LogP contribution in [0.3, 0.4) is 0 Å². The molecule has 0 spiro atoms. The lowest BCUT2D eigenvalue weighted by Crippen LogP contribution is -2.49. The van der Waals surface area contributed by atoms with Gasteiger partial charge in [-0.15, -0.1) is 0 Å². The van der Waals surface area contributed by atoms with Gasteiger partial charge in [0.25, 0.3) is 0 Å². The van der Waals surface area contributed by atoms with E-state index in [2.05, 4.69) is 11.5 Å². The molecule has 2 aliphatic carbocycles. The summed E-state index contributed by atoms with van der Waals surface area (Å²) >= 11 is 0. The van der Waals surface area contributed by atoms with Gasteiger partial charge in [-0.1, -0.05) is 75.5 Å². The molecule has 140 valence electrons. The van der Waals surface area contributed by atoms with Gasteiger partial charge in [0.05, 0.1) is 0 Å². The fraction of sp³-hybridized carbons (Fsp3) is 0.682. The van der Waals surface area contributed by atoms with Gasteiger partial charge in [-0.2, -0.15) is 0 Å². The molecule has 0 bridgehead atoms. The fourth-order valence-corrected chi connectivity index (χ4v) is 4.09. The minimum Gasteiger partial charge on any atom is -0.446 e. The van der Waals surface area contributed by atoms with Crippen LogP contribution < -0.4 is 0 Å². The van der Waals surface area contributed by atoms with Crippen molar-refractivity contribution in [3.8, 4) is 0 Å². The van der Waals surface area contributed by atoms with Crippen molar-refractivity contribution < 1.29 is 9.53 Å². The molecule has 1 amide bonds. The number of carbonyl (C=O) groups is 1. The molecule has 3 nitrogen and oxygen atoms in total. The summed E-state index contributed by atoms with van der Waals surface area (Å²) in [7, 11) is 0. The number of hydrogen-bond donors (Lipinski definition) is 0. The summed E-state index contributed by atoms with van der Waals surface area (Å²) < 4.78 is 5.82. The number of ether oxygens (including phenoxy) is 1. The van der Waals surface area contributed by atoms with Crippen LogP contribution in [0.5, 0.6) is 0 Å². The van der Waals surface area contributed by atoms with Crippen molar-refractivity contribution in [3.05, 3.63) is 37.0 Å². The lowest BCUT2D eigenvalue weighted by atomic mass is 9.89. The van der Waals surface area contributed by atoms with Crippen molar-refractivity contribution in [1.82, 2.24) is 4.90 Å². The fourth-order valence-electron chi connectivity index (χ4n) is 4.09. The van der Waals surface area contributed by atoms with Crippen molar-refractivity contribution in [1.29, 1.82) is 0 Å². The first-order chi connectivity index (χ1) is 12.2. The van der Waals surface area contributed by atoms with Gasteiger partial charge in [-0.05, 0) is 32.6 Å². The Morgan fingerprint density at radius 2 is 1.56 bits per heavy atom. The minimum atomic E-state index is -0.0874. The van der Waals surface area contributed by atoms with Gasteiger partial charge in [0, 0.05) is 18.5 Å². The van der Waals surface area contributed by atoms with Crippen LogP contribution in [0.2, 0.25) is 0 Å². The van der Waals surface area contributed by atoms with Crippen LogP contribution >= 0.6 is 0 Å². The average molecular weight is 346 g/mol. The normalized spacial score (nSPS) is 21.5. The lowest BCUT2D eigenvalue weighted by Gasteiger charge is -2.41. The van der Waals surface area contributed by atoms with Gasteiger partial charge >= 0.3 is 6.09 Å². The Labute approximate surface area is 153 Å². The number of carbonyl (C=O) groups excluding carboxylic acids is 1. The first-order valence-electron chi connectivity index (χ1n) is 10.2. The van der Waals surface area contributed by atoms with E-state index < -0.39 is 0 Å². The van der Waals surface area contributed by atoms with Crippen LogP contribution in [0, 0.1) is 0 Å². The average Bonchev–Trinajstić information content (AvgIpc) is 2.63. The van der Waals surface area contributed by atoms with E-state index in [0.717, 1.165) is 32.1 Å². The van der Waals surface area contributed by atoms with E-state index in [0.29, 0.717) is 12.1 Å². The van der Waals surface area contributed by atoms with Crippen molar-refractivity contribution in [2.24, 2.45) is 0 Å². The first kappa shape index (κ1) is 19.8. The molecule has 0 N–H and O–H groups in total. The van der Waals surface area contributed by atoms with Crippen LogP contribution in [0.4, 0.5) is 4.79 Å². The van der Waals surface area contributed by atoms with Gasteiger partial charge in [-0.3, -0.25) is 0 Å². The summed E-state index contributed by atoms with van der Waals surface area (Å²) in [4.78, 5) is 15.1. The molecule has 2 saturated carbocycles. The van der Waals surface area contributed by atoms with Crippen LogP contribution in [-0.4, -0.2) is 29.2 Å². The molecule has 2 aliphatic rings. The maximum absolute atomic E-state index is 12.9. The number of allylic oxidation sites excluding steroid dienone is 4. The SMILES string of the molecule is C=C/C=C\C=C/CC(C)OC(=O)N(C1CCCCC1)C1CCCCC1. The summed E-state index contributed by atoms with van der Waals surface area (Å²) in [6.07, 6.45) is 22.4. The second-order valence-electron chi connectivity index (χ2n) is 7.47. The molecule has 0 aromatic heterocycles. The zero-order chi connectivity index (χ0) is 17.9. The number of hydrogen-bond acceptors (Lipinski definition) is 2. The molecule has 0 radical (unpaired) electrons. The monoisotopic (exact) mass is 345 g/mol. The molecular weight excluding hydrogens is 310 g/mol. The number of rotatable bonds is 7. The van der Waals surface area contributed by atoms with Gasteiger partial charge in [0.1, 0.15) is 6.10 Å². The van der Waals surface area contributed by atoms with E-state index in [9.17, 15) is 4.79 Å². The minimum absolute atomic E-state index is 0.0821. The molecule has 1 unspecified atom stereocenters. The van der Waals surface area contributed by atoms with Crippen molar-refractivity contribution in [2.45, 2.75) is 95.7 Å². The molecule has 0 aliphatic heterocycles. The largest absolute Gasteiger partial charge is 0.446 e. The molecule has 0 saturated heterocycles. The summed E-state index contributed by atoms with van der Waals surface area (Å²) in [5, 5.41) is 0. The molecule has 2 rings (SSSR count). The second-order valence-corrected chi connectivity index (χ2v) is 7.47. The zero-order valence-corrected chi connectivity index (χ0v) is 15.9. The van der Waals surface area contributed by atoms with E-state index in [1.165, 1.54) is 38.5 Å². The van der Waals surface area contributed by atoms with Crippen LogP contribution in [0.1, 0.15) is 77.6 Å². The number of nitrogens with zero attached hydrogens (tertiary/aromatic N) is 1. The first-order valence-corrected chi connectivity index (χ1v) is 10.2. The summed E-state index contributed by atoms with van der Waals surface area (Å²) in [5.41, 5.74) is 0. The Morgan fingerprint density at radius 3 is 2.08 bits per heavy atom. The van der Waals surface area contributed by atoms with E-state index >= 15 is 0 Å². The Balaban J connectivity index is 1.92. The highest BCUT2D eigenvalue weighted by Gasteiger charge is 2.33. The van der Waals surface area contributed by atoms with E-state index in [4.69, 9.17) is 4.74 Å². The van der Waals surface area contributed by atoms with Gasteiger partial charge in [0.2, 0.25) is 0 Å². The topological polar surface area (TPSA) is 29.5 Å². The highest BCUT2D eigenvalue weighted by atomic mass is 16.6. The van der Waals surface area contributed by atoms with E-state index in [1.807, 2.05) is 31.2 Å². The van der Waals surface area contributed by atoms with Crippen LogP contribution in [-0.2, 0) is 4.74 Å². The lowest BCUT2D eigenvalue weighted by molar-refractivity contribution is 0.0265. The highest BCUT2D eigenvalue weighted by molar-refractivity contribution is 5.68. The summed E-state index contributed by atoms with van der Waals surface area (Å²) in [6, 6.07) is 0.783. The second kappa shape index (κ2) is 11.2. The Bertz CT molecular complexity index is 439. The predicted molar refractivity (Wildman–Crippen MR) is 105 cm³/mol. The Hall–Kier alpha value is -1.51. The molecule has 3 heteroatoms. The van der Waals surface area contributed by atoms with Crippen LogP contribution in [0.15, 0.2) is 37.0 Å². The van der Waals surface area contributed by atoms with Gasteiger partial charge in [-0.25, -0.2) is 4.79 Å². The molecule has 0 heterocycles. The summed E-state index contributed by atoms with van der Waals surface area (Å²) in [6.45, 7) is 5.63. The highest BCUT2D eigenvalue weighted by Crippen LogP contribution is 2.31. The molecule has 0 aromatic rings. The van der Waals surface area contributed by atoms with E-state index in [-0.39, 0.29) is 12.2 Å². The smallest absolute Gasteiger partial charge is 0.410 e. The van der Waals surface area contributed by atoms with E-state index in [1.54, 1.807) is 6.08 Å². The maximum atomic E-state index is 12.9. The molecule has 25 heavy (non-hydrogen) atoms. The zero-order valence-electron chi connectivity index (χ0n) is 15.9. The van der Waals surface area contributed by atoms with Crippen molar-refractivity contribution in [3.63, 3.8) is 0 Å². The van der Waals surface area contributed by atoms with Gasteiger partial charge < -0.3 is 9.64 Å². The Kier molecular flexibility index (Phi) is 8.85. The maximum Gasteiger partial charge on any atom is 0.410 e. The number of amides is 1. The quantitative estimate of drug-likeness (QED) is 0.517. The van der Waals surface area contributed by atoms with Crippen LogP contribution in [0.25, 0.3) is 0 Å². The molecule has 2 fully saturated rings. The summed E-state index contributed by atoms with van der Waals surface area (Å²) in [5.74, 6) is 0. The van der Waals surface area contributed by atoms with Crippen molar-refractivity contribution in [2.75, 3.05) is 0 Å². The predicted octanol–water partition coefficient (Wildman–Crippen LogP) is 6.17. The molecular formula is C22H35NO2.